The number of phenols is 1. The molecule has 0 unspecified atom stereocenters. The lowest BCUT2D eigenvalue weighted by Gasteiger charge is -2.12. The molecule has 4 rings (SSSR count). The van der Waals surface area contributed by atoms with Crippen LogP contribution in [-0.4, -0.2) is 16.6 Å². The molecule has 2 aromatic heterocycles. The van der Waals surface area contributed by atoms with E-state index in [2.05, 4.69) is 4.98 Å². The molecule has 4 aromatic rings. The Hall–Kier alpha value is -2.63. The predicted molar refractivity (Wildman–Crippen MR) is 99.8 cm³/mol. The zero-order chi connectivity index (χ0) is 16.7. The van der Waals surface area contributed by atoms with Gasteiger partial charge in [0, 0.05) is 21.9 Å². The smallest absolute Gasteiger partial charge is 0.266 e. The van der Waals surface area contributed by atoms with Gasteiger partial charge >= 0.3 is 0 Å². The van der Waals surface area contributed by atoms with Crippen LogP contribution in [0.2, 0.25) is 0 Å². The summed E-state index contributed by atoms with van der Waals surface area (Å²) in [6.07, 6.45) is 0.782. The van der Waals surface area contributed by atoms with Gasteiger partial charge in [0.15, 0.2) is 0 Å². The van der Waals surface area contributed by atoms with Crippen molar-refractivity contribution in [1.29, 1.82) is 0 Å². The minimum atomic E-state index is -0.0963. The zero-order valence-electron chi connectivity index (χ0n) is 12.9. The number of thiophene rings is 1. The molecule has 0 fully saturated rings. The van der Waals surface area contributed by atoms with Gasteiger partial charge in [-0.1, -0.05) is 24.3 Å². The molecule has 2 heterocycles. The largest absolute Gasteiger partial charge is 0.507 e. The summed E-state index contributed by atoms with van der Waals surface area (Å²) in [5.41, 5.74) is 9.07. The molecule has 0 saturated carbocycles. The minimum Gasteiger partial charge on any atom is -0.507 e. The van der Waals surface area contributed by atoms with Crippen molar-refractivity contribution in [2.24, 2.45) is 5.73 Å². The molecule has 0 amide bonds. The summed E-state index contributed by atoms with van der Waals surface area (Å²) in [4.78, 5) is 15.1. The van der Waals surface area contributed by atoms with Gasteiger partial charge in [0.25, 0.3) is 5.56 Å². The number of phenolic OH excluding ortho intramolecular Hbond substituents is 1. The second-order valence-electron chi connectivity index (χ2n) is 5.74. The normalized spacial score (nSPS) is 11.4. The predicted octanol–water partition coefficient (Wildman–Crippen LogP) is 3.62. The Kier molecular flexibility index (Phi) is 3.59. The highest BCUT2D eigenvalue weighted by Gasteiger charge is 2.15. The van der Waals surface area contributed by atoms with Gasteiger partial charge in [-0.3, -0.25) is 4.79 Å². The molecular formula is C19H16N2O2S. The van der Waals surface area contributed by atoms with Crippen molar-refractivity contribution in [3.05, 3.63) is 63.8 Å². The van der Waals surface area contributed by atoms with Crippen LogP contribution < -0.4 is 11.3 Å². The van der Waals surface area contributed by atoms with Crippen molar-refractivity contribution < 1.29 is 5.11 Å². The number of aromatic hydroxyl groups is 1. The molecule has 4 N–H and O–H groups in total. The van der Waals surface area contributed by atoms with E-state index in [1.807, 2.05) is 35.7 Å². The highest BCUT2D eigenvalue weighted by molar-refractivity contribution is 7.17. The van der Waals surface area contributed by atoms with Crippen molar-refractivity contribution in [3.63, 3.8) is 0 Å². The maximum absolute atomic E-state index is 12.2. The number of nitrogens with two attached hydrogens (primary N) is 1. The molecule has 0 aliphatic carbocycles. The number of pyridine rings is 1. The van der Waals surface area contributed by atoms with Gasteiger partial charge in [0.05, 0.1) is 0 Å². The van der Waals surface area contributed by atoms with Crippen LogP contribution in [0.25, 0.3) is 32.1 Å². The van der Waals surface area contributed by atoms with Crippen LogP contribution in [0.3, 0.4) is 0 Å². The molecule has 24 heavy (non-hydrogen) atoms. The summed E-state index contributed by atoms with van der Waals surface area (Å²) >= 11 is 1.41. The van der Waals surface area contributed by atoms with E-state index in [0.29, 0.717) is 11.2 Å². The number of nitrogens with one attached hydrogen (secondary N) is 1. The second-order valence-corrected chi connectivity index (χ2v) is 6.65. The quantitative estimate of drug-likeness (QED) is 0.535. The van der Waals surface area contributed by atoms with Gasteiger partial charge in [-0.05, 0) is 47.7 Å². The molecule has 0 atom stereocenters. The van der Waals surface area contributed by atoms with E-state index in [0.717, 1.165) is 39.4 Å². The number of fused-ring (bicyclic) bond motifs is 3. The number of aromatic nitrogens is 1. The highest BCUT2D eigenvalue weighted by atomic mass is 32.1. The van der Waals surface area contributed by atoms with Crippen LogP contribution >= 0.6 is 11.3 Å². The fraction of sp³-hybridized carbons (Fsp3) is 0.105. The number of H-pyrrole nitrogens is 1. The highest BCUT2D eigenvalue weighted by Crippen LogP contribution is 2.39. The van der Waals surface area contributed by atoms with E-state index in [9.17, 15) is 9.90 Å². The topological polar surface area (TPSA) is 79.1 Å². The van der Waals surface area contributed by atoms with E-state index in [1.165, 1.54) is 11.3 Å². The van der Waals surface area contributed by atoms with E-state index >= 15 is 0 Å². The summed E-state index contributed by atoms with van der Waals surface area (Å²) < 4.78 is 0.674. The van der Waals surface area contributed by atoms with Crippen LogP contribution in [0.15, 0.2) is 52.6 Å². The van der Waals surface area contributed by atoms with Crippen molar-refractivity contribution in [2.45, 2.75) is 6.42 Å². The monoisotopic (exact) mass is 336 g/mol. The maximum atomic E-state index is 12.2. The third-order valence-electron chi connectivity index (χ3n) is 4.22. The molecule has 0 aliphatic heterocycles. The maximum Gasteiger partial charge on any atom is 0.266 e. The third kappa shape index (κ3) is 2.29. The van der Waals surface area contributed by atoms with Gasteiger partial charge in [-0.15, -0.1) is 11.3 Å². The zero-order valence-corrected chi connectivity index (χ0v) is 13.7. The summed E-state index contributed by atoms with van der Waals surface area (Å²) in [6, 6.07) is 13.3. The number of hydrogen-bond acceptors (Lipinski definition) is 4. The number of rotatable bonds is 3. The fourth-order valence-electron chi connectivity index (χ4n) is 3.18. The summed E-state index contributed by atoms with van der Waals surface area (Å²) in [6.45, 7) is 0.576. The Bertz CT molecular complexity index is 1110. The molecule has 2 aromatic carbocycles. The van der Waals surface area contributed by atoms with Crippen molar-refractivity contribution in [3.8, 4) is 16.9 Å². The van der Waals surface area contributed by atoms with Gasteiger partial charge in [0.1, 0.15) is 10.4 Å². The molecular weight excluding hydrogens is 320 g/mol. The first kappa shape index (κ1) is 14.9. The minimum absolute atomic E-state index is 0.0963. The number of benzene rings is 2. The van der Waals surface area contributed by atoms with Crippen LogP contribution in [0.5, 0.6) is 5.75 Å². The first-order valence-corrected chi connectivity index (χ1v) is 8.61. The fourth-order valence-corrected chi connectivity index (χ4v) is 3.97. The first-order chi connectivity index (χ1) is 11.7. The lowest BCUT2D eigenvalue weighted by atomic mass is 9.95. The van der Waals surface area contributed by atoms with E-state index in [-0.39, 0.29) is 11.3 Å². The molecule has 5 heteroatoms. The van der Waals surface area contributed by atoms with Crippen LogP contribution in [0.4, 0.5) is 0 Å². The molecule has 0 spiro atoms. The SMILES string of the molecule is NCCc1cccc(-c2c(O)ccc3[nH]c(=O)c4sccc4c23)c1. The Morgan fingerprint density at radius 1 is 1.17 bits per heavy atom. The molecule has 4 nitrogen and oxygen atoms in total. The molecule has 0 bridgehead atoms. The van der Waals surface area contributed by atoms with Crippen LogP contribution in [-0.2, 0) is 6.42 Å². The Labute approximate surface area is 142 Å². The van der Waals surface area contributed by atoms with Crippen LogP contribution in [0.1, 0.15) is 5.56 Å². The molecule has 0 radical (unpaired) electrons. The first-order valence-electron chi connectivity index (χ1n) is 7.73. The lowest BCUT2D eigenvalue weighted by Crippen LogP contribution is -2.05. The molecule has 0 saturated heterocycles. The molecule has 120 valence electrons. The summed E-state index contributed by atoms with van der Waals surface area (Å²) in [5.74, 6) is 0.201. The van der Waals surface area contributed by atoms with Crippen molar-refractivity contribution in [1.82, 2.24) is 4.98 Å². The van der Waals surface area contributed by atoms with Gasteiger partial charge < -0.3 is 15.8 Å². The Morgan fingerprint density at radius 2 is 2.04 bits per heavy atom. The van der Waals surface area contributed by atoms with E-state index < -0.39 is 0 Å². The van der Waals surface area contributed by atoms with E-state index in [4.69, 9.17) is 5.73 Å². The third-order valence-corrected chi connectivity index (χ3v) is 5.13. The summed E-state index contributed by atoms with van der Waals surface area (Å²) in [7, 11) is 0. The van der Waals surface area contributed by atoms with Gasteiger partial charge in [-0.2, -0.15) is 0 Å². The number of hydrogen-bond donors (Lipinski definition) is 3. The van der Waals surface area contributed by atoms with E-state index in [1.54, 1.807) is 12.1 Å². The van der Waals surface area contributed by atoms with Gasteiger partial charge in [0.2, 0.25) is 0 Å². The Morgan fingerprint density at radius 3 is 2.88 bits per heavy atom. The van der Waals surface area contributed by atoms with Gasteiger partial charge in [-0.25, -0.2) is 0 Å². The lowest BCUT2D eigenvalue weighted by molar-refractivity contribution is 0.478. The average molecular weight is 336 g/mol. The Balaban J connectivity index is 2.11. The molecule has 0 aliphatic rings. The average Bonchev–Trinajstić information content (AvgIpc) is 3.06. The second kappa shape index (κ2) is 5.78. The number of aromatic amines is 1. The van der Waals surface area contributed by atoms with Crippen molar-refractivity contribution in [2.75, 3.05) is 6.54 Å². The van der Waals surface area contributed by atoms with Crippen LogP contribution in [0, 0.1) is 0 Å². The summed E-state index contributed by atoms with van der Waals surface area (Å²) in [5, 5.41) is 14.2. The standard InChI is InChI=1S/C19H16N2O2S/c20-8-6-11-2-1-3-12(10-11)16-15(22)5-4-14-17(16)13-7-9-24-18(13)19(23)21-14/h1-5,7,9-10,22H,6,8,20H2,(H,21,23). The van der Waals surface area contributed by atoms with Crippen molar-refractivity contribution >= 4 is 32.3 Å².